The summed E-state index contributed by atoms with van der Waals surface area (Å²) in [5, 5.41) is 9.78. The molecule has 4 unspecified atom stereocenters. The summed E-state index contributed by atoms with van der Waals surface area (Å²) in [5.74, 6) is -0.808. The van der Waals surface area contributed by atoms with E-state index in [1.807, 2.05) is 34.1 Å². The zero-order valence-electron chi connectivity index (χ0n) is 20.9. The molecular formula is C30H33ClN2O4. The number of carbonyl (C=O) groups excluding carboxylic acids is 2. The van der Waals surface area contributed by atoms with Crippen molar-refractivity contribution in [2.45, 2.75) is 82.3 Å². The first-order valence-corrected chi connectivity index (χ1v) is 14.0. The predicted octanol–water partition coefficient (Wildman–Crippen LogP) is 5.56. The van der Waals surface area contributed by atoms with Crippen molar-refractivity contribution in [3.05, 3.63) is 64.2 Å². The maximum atomic E-state index is 14.3. The average molecular weight is 521 g/mol. The molecule has 194 valence electrons. The van der Waals surface area contributed by atoms with E-state index in [4.69, 9.17) is 11.6 Å². The first kappa shape index (κ1) is 24.5. The van der Waals surface area contributed by atoms with Crippen LogP contribution in [0.2, 0.25) is 5.02 Å². The number of anilines is 1. The second-order valence-electron chi connectivity index (χ2n) is 11.2. The number of hydrogen-bond acceptors (Lipinski definition) is 3. The summed E-state index contributed by atoms with van der Waals surface area (Å²) in [6.07, 6.45) is 7.10. The summed E-state index contributed by atoms with van der Waals surface area (Å²) in [5.41, 5.74) is 4.42. The number of aliphatic carboxylic acids is 1. The van der Waals surface area contributed by atoms with Crippen molar-refractivity contribution in [2.24, 2.45) is 11.8 Å². The van der Waals surface area contributed by atoms with Gasteiger partial charge in [-0.1, -0.05) is 48.4 Å². The number of benzene rings is 2. The Morgan fingerprint density at radius 1 is 0.973 bits per heavy atom. The van der Waals surface area contributed by atoms with E-state index in [2.05, 4.69) is 18.2 Å². The summed E-state index contributed by atoms with van der Waals surface area (Å²) in [4.78, 5) is 42.9. The zero-order chi connectivity index (χ0) is 25.7. The van der Waals surface area contributed by atoms with Gasteiger partial charge in [0, 0.05) is 35.4 Å². The Kier molecular flexibility index (Phi) is 6.47. The molecule has 2 amide bonds. The monoisotopic (exact) mass is 520 g/mol. The summed E-state index contributed by atoms with van der Waals surface area (Å²) in [6, 6.07) is 14.2. The number of halogens is 1. The van der Waals surface area contributed by atoms with Gasteiger partial charge in [0.05, 0.1) is 18.2 Å². The lowest BCUT2D eigenvalue weighted by atomic mass is 9.78. The second kappa shape index (κ2) is 9.79. The molecule has 0 saturated heterocycles. The maximum Gasteiger partial charge on any atom is 0.303 e. The van der Waals surface area contributed by atoms with Crippen molar-refractivity contribution >= 4 is 35.1 Å². The number of amides is 2. The van der Waals surface area contributed by atoms with Gasteiger partial charge in [0.2, 0.25) is 11.8 Å². The van der Waals surface area contributed by atoms with Crippen molar-refractivity contribution in [3.63, 3.8) is 0 Å². The third kappa shape index (κ3) is 4.54. The van der Waals surface area contributed by atoms with Gasteiger partial charge in [-0.05, 0) is 73.8 Å². The molecule has 6 rings (SSSR count). The molecular weight excluding hydrogens is 488 g/mol. The van der Waals surface area contributed by atoms with Crippen LogP contribution in [0.15, 0.2) is 42.5 Å². The van der Waals surface area contributed by atoms with E-state index in [0.717, 1.165) is 62.6 Å². The van der Waals surface area contributed by atoms with Crippen LogP contribution in [0.4, 0.5) is 5.69 Å². The standard InChI is InChI=1S/C30H33ClN2O4/c31-21-10-13-24-26(17-21)33(30(37)20-9-8-18-4-1-2-5-19(18)16-20)25-7-3-6-23(25)29(24)32(22-11-12-22)27(34)14-15-28(35)36/h1-2,4-5,10,13,17,20,22-23,25,29H,3,6-9,11-12,14-16H2,(H,35,36). The third-order valence-electron chi connectivity index (χ3n) is 8.85. The van der Waals surface area contributed by atoms with Crippen LogP contribution >= 0.6 is 11.6 Å². The highest BCUT2D eigenvalue weighted by Gasteiger charge is 2.52. The highest BCUT2D eigenvalue weighted by Crippen LogP contribution is 2.53. The molecule has 2 fully saturated rings. The quantitative estimate of drug-likeness (QED) is 0.541. The van der Waals surface area contributed by atoms with E-state index in [1.54, 1.807) is 0 Å². The van der Waals surface area contributed by atoms with Crippen LogP contribution in [0, 0.1) is 11.8 Å². The topological polar surface area (TPSA) is 77.9 Å². The largest absolute Gasteiger partial charge is 0.481 e. The van der Waals surface area contributed by atoms with Crippen LogP contribution in [0.5, 0.6) is 0 Å². The molecule has 1 N–H and O–H groups in total. The number of carboxylic acid groups (broad SMARTS) is 1. The second-order valence-corrected chi connectivity index (χ2v) is 11.6. The van der Waals surface area contributed by atoms with E-state index in [-0.39, 0.29) is 54.6 Å². The molecule has 4 aliphatic rings. The minimum atomic E-state index is -0.954. The molecule has 2 aromatic rings. The average Bonchev–Trinajstić information content (AvgIpc) is 3.62. The van der Waals surface area contributed by atoms with E-state index in [0.29, 0.717) is 5.02 Å². The summed E-state index contributed by atoms with van der Waals surface area (Å²) in [6.45, 7) is 0. The minimum Gasteiger partial charge on any atom is -0.481 e. The minimum absolute atomic E-state index is 0.00672. The smallest absolute Gasteiger partial charge is 0.303 e. The molecule has 37 heavy (non-hydrogen) atoms. The number of aryl methyl sites for hydroxylation is 1. The van der Waals surface area contributed by atoms with Gasteiger partial charge in [0.15, 0.2) is 0 Å². The first-order chi connectivity index (χ1) is 17.9. The van der Waals surface area contributed by atoms with Crippen molar-refractivity contribution in [2.75, 3.05) is 4.90 Å². The van der Waals surface area contributed by atoms with Crippen LogP contribution in [0.25, 0.3) is 0 Å². The Hall–Kier alpha value is -2.86. The van der Waals surface area contributed by atoms with Gasteiger partial charge in [-0.15, -0.1) is 0 Å². The van der Waals surface area contributed by atoms with Crippen LogP contribution < -0.4 is 4.90 Å². The molecule has 0 radical (unpaired) electrons. The number of rotatable bonds is 6. The van der Waals surface area contributed by atoms with Gasteiger partial charge in [0.25, 0.3) is 0 Å². The molecule has 1 aliphatic heterocycles. The van der Waals surface area contributed by atoms with Crippen LogP contribution in [-0.4, -0.2) is 39.9 Å². The molecule has 1 heterocycles. The summed E-state index contributed by atoms with van der Waals surface area (Å²) in [7, 11) is 0. The fraction of sp³-hybridized carbons (Fsp3) is 0.500. The van der Waals surface area contributed by atoms with Crippen molar-refractivity contribution in [3.8, 4) is 0 Å². The van der Waals surface area contributed by atoms with Crippen LogP contribution in [0.1, 0.15) is 74.1 Å². The Bertz CT molecular complexity index is 1240. The van der Waals surface area contributed by atoms with Crippen molar-refractivity contribution in [1.29, 1.82) is 0 Å². The van der Waals surface area contributed by atoms with Crippen molar-refractivity contribution < 1.29 is 19.5 Å². The van der Waals surface area contributed by atoms with Gasteiger partial charge in [-0.2, -0.15) is 0 Å². The molecule has 2 aromatic carbocycles. The molecule has 6 nitrogen and oxygen atoms in total. The van der Waals surface area contributed by atoms with Crippen LogP contribution in [0.3, 0.4) is 0 Å². The van der Waals surface area contributed by atoms with E-state index in [9.17, 15) is 19.5 Å². The van der Waals surface area contributed by atoms with Crippen molar-refractivity contribution in [1.82, 2.24) is 4.90 Å². The van der Waals surface area contributed by atoms with Gasteiger partial charge < -0.3 is 14.9 Å². The Morgan fingerprint density at radius 2 is 1.76 bits per heavy atom. The lowest BCUT2D eigenvalue weighted by Gasteiger charge is -2.48. The molecule has 0 spiro atoms. The highest BCUT2D eigenvalue weighted by molar-refractivity contribution is 6.31. The van der Waals surface area contributed by atoms with Gasteiger partial charge in [-0.3, -0.25) is 14.4 Å². The lowest BCUT2D eigenvalue weighted by molar-refractivity contribution is -0.143. The number of carbonyl (C=O) groups is 3. The molecule has 4 atom stereocenters. The predicted molar refractivity (Wildman–Crippen MR) is 142 cm³/mol. The zero-order valence-corrected chi connectivity index (χ0v) is 21.7. The Balaban J connectivity index is 1.37. The number of hydrogen-bond donors (Lipinski definition) is 1. The number of carboxylic acids is 1. The first-order valence-electron chi connectivity index (χ1n) is 13.6. The molecule has 2 saturated carbocycles. The normalized spacial score (nSPS) is 26.1. The SMILES string of the molecule is O=C(O)CCC(=O)N(C1CC1)C1c2ccc(Cl)cc2N(C(=O)C2CCc3ccccc3C2)C2CCCC21. The van der Waals surface area contributed by atoms with Crippen LogP contribution in [-0.2, 0) is 27.2 Å². The van der Waals surface area contributed by atoms with E-state index in [1.165, 1.54) is 11.1 Å². The Morgan fingerprint density at radius 3 is 2.51 bits per heavy atom. The van der Waals surface area contributed by atoms with Gasteiger partial charge >= 0.3 is 5.97 Å². The number of fused-ring (bicyclic) bond motifs is 3. The molecule has 0 bridgehead atoms. The van der Waals surface area contributed by atoms with Gasteiger partial charge in [0.1, 0.15) is 0 Å². The van der Waals surface area contributed by atoms with Gasteiger partial charge in [-0.25, -0.2) is 0 Å². The molecule has 7 heteroatoms. The summed E-state index contributed by atoms with van der Waals surface area (Å²) >= 11 is 6.51. The third-order valence-corrected chi connectivity index (χ3v) is 9.09. The molecule has 0 aromatic heterocycles. The van der Waals surface area contributed by atoms with E-state index >= 15 is 0 Å². The fourth-order valence-corrected chi connectivity index (χ4v) is 7.23. The fourth-order valence-electron chi connectivity index (χ4n) is 7.07. The maximum absolute atomic E-state index is 14.3. The highest BCUT2D eigenvalue weighted by atomic mass is 35.5. The summed E-state index contributed by atoms with van der Waals surface area (Å²) < 4.78 is 0. The Labute approximate surface area is 222 Å². The lowest BCUT2D eigenvalue weighted by Crippen LogP contribution is -2.54. The van der Waals surface area contributed by atoms with E-state index < -0.39 is 5.97 Å². The number of nitrogens with zero attached hydrogens (tertiary/aromatic N) is 2. The molecule has 3 aliphatic carbocycles.